The molecule has 3 rings (SSSR count). The van der Waals surface area contributed by atoms with E-state index in [1.165, 1.54) is 29.2 Å². The number of primary amides is 1. The van der Waals surface area contributed by atoms with Crippen molar-refractivity contribution in [1.82, 2.24) is 0 Å². The molecule has 0 fully saturated rings. The quantitative estimate of drug-likeness (QED) is 0.861. The molecule has 0 unspecified atom stereocenters. The largest absolute Gasteiger partial charge is 0.370 e. The van der Waals surface area contributed by atoms with Crippen LogP contribution >= 0.6 is 0 Å². The lowest BCUT2D eigenvalue weighted by molar-refractivity contribution is -0.124. The highest BCUT2D eigenvalue weighted by molar-refractivity contribution is 6.06. The summed E-state index contributed by atoms with van der Waals surface area (Å²) in [6.45, 7) is 0.0556. The van der Waals surface area contributed by atoms with E-state index in [0.717, 1.165) is 0 Å². The van der Waals surface area contributed by atoms with Crippen LogP contribution in [0.4, 0.5) is 15.8 Å². The van der Waals surface area contributed by atoms with Crippen molar-refractivity contribution in [3.8, 4) is 0 Å². The number of hydrogen-bond donors (Lipinski definition) is 2. The average Bonchev–Trinajstić information content (AvgIpc) is 2.62. The summed E-state index contributed by atoms with van der Waals surface area (Å²) >= 11 is 0. The predicted molar refractivity (Wildman–Crippen MR) is 95.0 cm³/mol. The minimum absolute atomic E-state index is 0.00408. The van der Waals surface area contributed by atoms with E-state index in [1.54, 1.807) is 24.3 Å². The molecule has 1 atom stereocenters. The standard InChI is InChI=1S/C19H18FN3O3/c20-12-5-7-13(8-6-12)23(10-9-17(21)24)19(26)15-11-18(25)22-16-4-2-1-3-14(15)16/h1-8,15H,9-11H2,(H2,21,24)(H,22,25)/t15-/m0/s1. The van der Waals surface area contributed by atoms with Crippen molar-refractivity contribution in [2.75, 3.05) is 16.8 Å². The Morgan fingerprint density at radius 1 is 1.15 bits per heavy atom. The second kappa shape index (κ2) is 7.35. The Hall–Kier alpha value is -3.22. The highest BCUT2D eigenvalue weighted by Crippen LogP contribution is 2.34. The summed E-state index contributed by atoms with van der Waals surface area (Å²) < 4.78 is 13.2. The van der Waals surface area contributed by atoms with Gasteiger partial charge in [-0.05, 0) is 35.9 Å². The van der Waals surface area contributed by atoms with E-state index in [1.807, 2.05) is 0 Å². The molecule has 0 aromatic heterocycles. The van der Waals surface area contributed by atoms with E-state index in [0.29, 0.717) is 16.9 Å². The van der Waals surface area contributed by atoms with Gasteiger partial charge in [0.2, 0.25) is 17.7 Å². The van der Waals surface area contributed by atoms with Crippen LogP contribution < -0.4 is 16.0 Å². The number of anilines is 2. The molecule has 6 nitrogen and oxygen atoms in total. The number of para-hydroxylation sites is 1. The maximum Gasteiger partial charge on any atom is 0.235 e. The molecule has 0 saturated heterocycles. The van der Waals surface area contributed by atoms with Gasteiger partial charge in [-0.25, -0.2) is 4.39 Å². The summed E-state index contributed by atoms with van der Waals surface area (Å²) in [6.07, 6.45) is -0.0339. The fourth-order valence-corrected chi connectivity index (χ4v) is 3.03. The summed E-state index contributed by atoms with van der Waals surface area (Å²) in [7, 11) is 0. The lowest BCUT2D eigenvalue weighted by Gasteiger charge is -2.30. The van der Waals surface area contributed by atoms with Crippen LogP contribution in [0.25, 0.3) is 0 Å². The summed E-state index contributed by atoms with van der Waals surface area (Å²) in [4.78, 5) is 37.8. The van der Waals surface area contributed by atoms with Crippen molar-refractivity contribution in [2.45, 2.75) is 18.8 Å². The van der Waals surface area contributed by atoms with Crippen LogP contribution in [0.15, 0.2) is 48.5 Å². The molecule has 0 saturated carbocycles. The molecule has 1 aliphatic rings. The lowest BCUT2D eigenvalue weighted by Crippen LogP contribution is -2.40. The first-order valence-corrected chi connectivity index (χ1v) is 8.19. The van der Waals surface area contributed by atoms with Gasteiger partial charge in [0, 0.05) is 30.8 Å². The first-order valence-electron chi connectivity index (χ1n) is 8.19. The van der Waals surface area contributed by atoms with Crippen molar-refractivity contribution in [1.29, 1.82) is 0 Å². The van der Waals surface area contributed by atoms with Crippen LogP contribution in [0, 0.1) is 5.82 Å². The number of nitrogens with two attached hydrogens (primary N) is 1. The normalized spacial score (nSPS) is 15.7. The molecule has 3 N–H and O–H groups in total. The molecule has 1 heterocycles. The molecule has 0 aliphatic carbocycles. The molecule has 134 valence electrons. The number of carbonyl (C=O) groups is 3. The van der Waals surface area contributed by atoms with Crippen LogP contribution in [0.5, 0.6) is 0 Å². The van der Waals surface area contributed by atoms with Crippen LogP contribution in [-0.4, -0.2) is 24.3 Å². The number of benzene rings is 2. The number of fused-ring (bicyclic) bond motifs is 1. The van der Waals surface area contributed by atoms with Crippen molar-refractivity contribution in [2.24, 2.45) is 5.73 Å². The smallest absolute Gasteiger partial charge is 0.235 e. The number of amides is 3. The Bertz CT molecular complexity index is 851. The minimum Gasteiger partial charge on any atom is -0.370 e. The van der Waals surface area contributed by atoms with Gasteiger partial charge >= 0.3 is 0 Å². The second-order valence-corrected chi connectivity index (χ2v) is 6.07. The molecule has 1 aliphatic heterocycles. The zero-order chi connectivity index (χ0) is 18.7. The zero-order valence-electron chi connectivity index (χ0n) is 13.9. The molecule has 0 bridgehead atoms. The van der Waals surface area contributed by atoms with Crippen molar-refractivity contribution < 1.29 is 18.8 Å². The third kappa shape index (κ3) is 3.72. The van der Waals surface area contributed by atoms with Gasteiger partial charge in [-0.1, -0.05) is 18.2 Å². The van der Waals surface area contributed by atoms with E-state index >= 15 is 0 Å². The number of hydrogen-bond acceptors (Lipinski definition) is 3. The van der Waals surface area contributed by atoms with Crippen LogP contribution in [0.1, 0.15) is 24.3 Å². The van der Waals surface area contributed by atoms with E-state index in [9.17, 15) is 18.8 Å². The van der Waals surface area contributed by atoms with Gasteiger partial charge in [0.05, 0.1) is 5.92 Å². The van der Waals surface area contributed by atoms with Crippen LogP contribution in [0.2, 0.25) is 0 Å². The highest BCUT2D eigenvalue weighted by Gasteiger charge is 2.34. The average molecular weight is 355 g/mol. The Kier molecular flexibility index (Phi) is 4.97. The van der Waals surface area contributed by atoms with Crippen molar-refractivity contribution in [3.63, 3.8) is 0 Å². The lowest BCUT2D eigenvalue weighted by atomic mass is 9.89. The number of carbonyl (C=O) groups excluding carboxylic acids is 3. The molecule has 26 heavy (non-hydrogen) atoms. The molecular weight excluding hydrogens is 337 g/mol. The van der Waals surface area contributed by atoms with E-state index in [4.69, 9.17) is 5.73 Å². The van der Waals surface area contributed by atoms with Gasteiger partial charge in [0.25, 0.3) is 0 Å². The zero-order valence-corrected chi connectivity index (χ0v) is 13.9. The summed E-state index contributed by atoms with van der Waals surface area (Å²) in [6, 6.07) is 12.5. The van der Waals surface area contributed by atoms with Gasteiger partial charge in [-0.15, -0.1) is 0 Å². The van der Waals surface area contributed by atoms with Gasteiger partial charge in [0.1, 0.15) is 5.82 Å². The van der Waals surface area contributed by atoms with Gasteiger partial charge in [-0.2, -0.15) is 0 Å². The minimum atomic E-state index is -0.683. The highest BCUT2D eigenvalue weighted by atomic mass is 19.1. The Labute approximate surface area is 149 Å². The molecule has 7 heteroatoms. The first-order chi connectivity index (χ1) is 12.5. The van der Waals surface area contributed by atoms with Crippen LogP contribution in [0.3, 0.4) is 0 Å². The fourth-order valence-electron chi connectivity index (χ4n) is 3.03. The van der Waals surface area contributed by atoms with E-state index in [-0.39, 0.29) is 31.2 Å². The van der Waals surface area contributed by atoms with Gasteiger partial charge in [-0.3, -0.25) is 14.4 Å². The van der Waals surface area contributed by atoms with E-state index in [2.05, 4.69) is 5.32 Å². The van der Waals surface area contributed by atoms with Crippen molar-refractivity contribution >= 4 is 29.1 Å². The third-order valence-corrected chi connectivity index (χ3v) is 4.28. The summed E-state index contributed by atoms with van der Waals surface area (Å²) in [5.41, 5.74) is 6.97. The first kappa shape index (κ1) is 17.6. The van der Waals surface area contributed by atoms with Crippen LogP contribution in [-0.2, 0) is 14.4 Å². The molecule has 2 aromatic rings. The molecule has 0 spiro atoms. The Morgan fingerprint density at radius 2 is 1.85 bits per heavy atom. The Morgan fingerprint density at radius 3 is 2.54 bits per heavy atom. The summed E-state index contributed by atoms with van der Waals surface area (Å²) in [5.74, 6) is -2.25. The fraction of sp³-hybridized carbons (Fsp3) is 0.211. The third-order valence-electron chi connectivity index (χ3n) is 4.28. The van der Waals surface area contributed by atoms with Crippen molar-refractivity contribution in [3.05, 3.63) is 59.9 Å². The molecule has 3 amide bonds. The molecule has 2 aromatic carbocycles. The number of rotatable bonds is 5. The second-order valence-electron chi connectivity index (χ2n) is 6.07. The topological polar surface area (TPSA) is 92.5 Å². The number of nitrogens with zero attached hydrogens (tertiary/aromatic N) is 1. The van der Waals surface area contributed by atoms with Gasteiger partial charge < -0.3 is 16.0 Å². The number of halogens is 1. The summed E-state index contributed by atoms with van der Waals surface area (Å²) in [5, 5.41) is 2.75. The maximum atomic E-state index is 13.2. The number of nitrogens with one attached hydrogen (secondary N) is 1. The van der Waals surface area contributed by atoms with E-state index < -0.39 is 17.6 Å². The SMILES string of the molecule is NC(=O)CCN(C(=O)[C@H]1CC(=O)Nc2ccccc21)c1ccc(F)cc1. The molecular formula is C19H18FN3O3. The maximum absolute atomic E-state index is 13.2. The Balaban J connectivity index is 1.95. The monoisotopic (exact) mass is 355 g/mol. The predicted octanol–water partition coefficient (Wildman–Crippen LogP) is 2.16. The molecule has 0 radical (unpaired) electrons. The van der Waals surface area contributed by atoms with Gasteiger partial charge in [0.15, 0.2) is 0 Å².